The summed E-state index contributed by atoms with van der Waals surface area (Å²) in [5.41, 5.74) is 3.87. The number of ether oxygens (including phenoxy) is 1. The summed E-state index contributed by atoms with van der Waals surface area (Å²) < 4.78 is 6.25. The first-order valence-electron chi connectivity index (χ1n) is 7.99. The Morgan fingerprint density at radius 1 is 0.885 bits per heavy atom. The Hall–Kier alpha value is -3.05. The molecule has 0 radical (unpaired) electrons. The number of para-hydroxylation sites is 2. The molecule has 3 aromatic carbocycles. The van der Waals surface area contributed by atoms with Crippen LogP contribution in [0.15, 0.2) is 83.5 Å². The average molecular weight is 405 g/mol. The lowest BCUT2D eigenvalue weighted by Crippen LogP contribution is -2.08. The summed E-state index contributed by atoms with van der Waals surface area (Å²) in [5, 5.41) is 0. The second-order valence-electron chi connectivity index (χ2n) is 5.67. The van der Waals surface area contributed by atoms with E-state index in [4.69, 9.17) is 4.74 Å². The zero-order valence-electron chi connectivity index (χ0n) is 13.6. The molecular weight excluding hydrogens is 392 g/mol. The van der Waals surface area contributed by atoms with E-state index in [-0.39, 0.29) is 0 Å². The van der Waals surface area contributed by atoms with Crippen molar-refractivity contribution in [3.05, 3.63) is 89.0 Å². The molecule has 1 heterocycles. The van der Waals surface area contributed by atoms with Gasteiger partial charge in [-0.15, -0.1) is 0 Å². The zero-order valence-corrected chi connectivity index (χ0v) is 15.2. The van der Waals surface area contributed by atoms with Crippen LogP contribution in [0.3, 0.4) is 0 Å². The van der Waals surface area contributed by atoms with Crippen LogP contribution in [0.4, 0.5) is 0 Å². The second-order valence-corrected chi connectivity index (χ2v) is 6.58. The molecule has 0 aliphatic carbocycles. The minimum Gasteiger partial charge on any atom is -0.423 e. The smallest absolute Gasteiger partial charge is 0.343 e. The van der Waals surface area contributed by atoms with E-state index in [1.807, 2.05) is 42.5 Å². The number of hydrogen-bond acceptors (Lipinski definition) is 4. The molecule has 0 amide bonds. The van der Waals surface area contributed by atoms with E-state index in [9.17, 15) is 4.79 Å². The Morgan fingerprint density at radius 2 is 1.65 bits per heavy atom. The standard InChI is InChI=1S/C21H13BrN2O2/c22-16-5-3-4-15(12-16)21(25)26-17-10-8-14(9-11-17)20-13-23-18-6-1-2-7-19(18)24-20/h1-13H. The third-order valence-corrected chi connectivity index (χ3v) is 4.36. The first-order valence-corrected chi connectivity index (χ1v) is 8.78. The van der Waals surface area contributed by atoms with Gasteiger partial charge in [0.1, 0.15) is 5.75 Å². The van der Waals surface area contributed by atoms with Gasteiger partial charge in [-0.3, -0.25) is 4.98 Å². The maximum atomic E-state index is 12.2. The Balaban J connectivity index is 1.55. The van der Waals surface area contributed by atoms with Crippen molar-refractivity contribution in [3.8, 4) is 17.0 Å². The summed E-state index contributed by atoms with van der Waals surface area (Å²) in [6.45, 7) is 0. The maximum Gasteiger partial charge on any atom is 0.343 e. The molecule has 0 N–H and O–H groups in total. The fourth-order valence-corrected chi connectivity index (χ4v) is 2.97. The lowest BCUT2D eigenvalue weighted by atomic mass is 10.1. The molecule has 4 rings (SSSR count). The molecular formula is C21H13BrN2O2. The summed E-state index contributed by atoms with van der Waals surface area (Å²) >= 11 is 3.35. The number of hydrogen-bond donors (Lipinski definition) is 0. The van der Waals surface area contributed by atoms with Gasteiger partial charge in [0.2, 0.25) is 0 Å². The number of fused-ring (bicyclic) bond motifs is 1. The monoisotopic (exact) mass is 404 g/mol. The maximum absolute atomic E-state index is 12.2. The number of carbonyl (C=O) groups is 1. The fourth-order valence-electron chi connectivity index (χ4n) is 2.57. The Bertz CT molecular complexity index is 1090. The van der Waals surface area contributed by atoms with Gasteiger partial charge in [0.05, 0.1) is 28.5 Å². The van der Waals surface area contributed by atoms with E-state index < -0.39 is 5.97 Å². The number of halogens is 1. The average Bonchev–Trinajstić information content (AvgIpc) is 2.68. The van der Waals surface area contributed by atoms with Gasteiger partial charge in [-0.05, 0) is 54.6 Å². The highest BCUT2D eigenvalue weighted by atomic mass is 79.9. The van der Waals surface area contributed by atoms with Crippen molar-refractivity contribution >= 4 is 32.9 Å². The molecule has 5 heteroatoms. The Labute approximate surface area is 158 Å². The Kier molecular flexibility index (Phi) is 4.46. The molecule has 0 saturated carbocycles. The van der Waals surface area contributed by atoms with Gasteiger partial charge in [0.25, 0.3) is 0 Å². The van der Waals surface area contributed by atoms with Crippen LogP contribution < -0.4 is 4.74 Å². The fraction of sp³-hybridized carbons (Fsp3) is 0. The highest BCUT2D eigenvalue weighted by Crippen LogP contribution is 2.23. The molecule has 0 aliphatic rings. The molecule has 26 heavy (non-hydrogen) atoms. The summed E-state index contributed by atoms with van der Waals surface area (Å²) in [7, 11) is 0. The van der Waals surface area contributed by atoms with E-state index in [0.717, 1.165) is 26.8 Å². The van der Waals surface area contributed by atoms with Crippen LogP contribution in [0.25, 0.3) is 22.3 Å². The van der Waals surface area contributed by atoms with Crippen LogP contribution in [0.5, 0.6) is 5.75 Å². The van der Waals surface area contributed by atoms with Crippen molar-refractivity contribution in [2.45, 2.75) is 0 Å². The molecule has 0 spiro atoms. The van der Waals surface area contributed by atoms with Crippen LogP contribution >= 0.6 is 15.9 Å². The molecule has 1 aromatic heterocycles. The summed E-state index contributed by atoms with van der Waals surface area (Å²) in [6.07, 6.45) is 1.74. The highest BCUT2D eigenvalue weighted by Gasteiger charge is 2.09. The van der Waals surface area contributed by atoms with Crippen LogP contribution in [0.1, 0.15) is 10.4 Å². The topological polar surface area (TPSA) is 52.1 Å². The minimum absolute atomic E-state index is 0.399. The van der Waals surface area contributed by atoms with Crippen molar-refractivity contribution in [1.29, 1.82) is 0 Å². The number of carbonyl (C=O) groups excluding carboxylic acids is 1. The van der Waals surface area contributed by atoms with Gasteiger partial charge < -0.3 is 4.74 Å². The number of nitrogens with zero attached hydrogens (tertiary/aromatic N) is 2. The Morgan fingerprint density at radius 3 is 2.42 bits per heavy atom. The minimum atomic E-state index is -0.399. The number of aromatic nitrogens is 2. The van der Waals surface area contributed by atoms with Crippen molar-refractivity contribution in [2.24, 2.45) is 0 Å². The first kappa shape index (κ1) is 16.4. The van der Waals surface area contributed by atoms with E-state index in [0.29, 0.717) is 11.3 Å². The predicted octanol–water partition coefficient (Wildman–Crippen LogP) is 5.28. The normalized spacial score (nSPS) is 10.7. The largest absolute Gasteiger partial charge is 0.423 e. The summed E-state index contributed by atoms with van der Waals surface area (Å²) in [5.74, 6) is 0.0806. The summed E-state index contributed by atoms with van der Waals surface area (Å²) in [6, 6.07) is 22.0. The van der Waals surface area contributed by atoms with E-state index in [1.54, 1.807) is 36.5 Å². The van der Waals surface area contributed by atoms with E-state index in [2.05, 4.69) is 25.9 Å². The number of rotatable bonds is 3. The van der Waals surface area contributed by atoms with E-state index >= 15 is 0 Å². The SMILES string of the molecule is O=C(Oc1ccc(-c2cnc3ccccc3n2)cc1)c1cccc(Br)c1. The molecule has 0 aliphatic heterocycles. The predicted molar refractivity (Wildman–Crippen MR) is 104 cm³/mol. The highest BCUT2D eigenvalue weighted by molar-refractivity contribution is 9.10. The molecule has 126 valence electrons. The molecule has 0 atom stereocenters. The van der Waals surface area contributed by atoms with Gasteiger partial charge in [0.15, 0.2) is 0 Å². The van der Waals surface area contributed by atoms with Gasteiger partial charge in [-0.2, -0.15) is 0 Å². The lowest BCUT2D eigenvalue weighted by Gasteiger charge is -2.06. The van der Waals surface area contributed by atoms with Crippen LogP contribution in [0.2, 0.25) is 0 Å². The summed E-state index contributed by atoms with van der Waals surface area (Å²) in [4.78, 5) is 21.2. The molecule has 0 bridgehead atoms. The zero-order chi connectivity index (χ0) is 17.9. The number of benzene rings is 3. The third kappa shape index (κ3) is 3.48. The van der Waals surface area contributed by atoms with E-state index in [1.165, 1.54) is 0 Å². The van der Waals surface area contributed by atoms with Crippen LogP contribution in [0, 0.1) is 0 Å². The van der Waals surface area contributed by atoms with Crippen molar-refractivity contribution < 1.29 is 9.53 Å². The third-order valence-electron chi connectivity index (χ3n) is 3.87. The van der Waals surface area contributed by atoms with Crippen LogP contribution in [-0.2, 0) is 0 Å². The lowest BCUT2D eigenvalue weighted by molar-refractivity contribution is 0.0734. The van der Waals surface area contributed by atoms with Gasteiger partial charge in [-0.25, -0.2) is 9.78 Å². The van der Waals surface area contributed by atoms with Gasteiger partial charge in [0, 0.05) is 10.0 Å². The molecule has 0 saturated heterocycles. The second kappa shape index (κ2) is 7.06. The molecule has 4 nitrogen and oxygen atoms in total. The molecule has 0 fully saturated rings. The van der Waals surface area contributed by atoms with Gasteiger partial charge in [-0.1, -0.05) is 34.1 Å². The van der Waals surface area contributed by atoms with Crippen LogP contribution in [-0.4, -0.2) is 15.9 Å². The quantitative estimate of drug-likeness (QED) is 0.344. The first-order chi connectivity index (χ1) is 12.7. The molecule has 0 unspecified atom stereocenters. The van der Waals surface area contributed by atoms with Gasteiger partial charge >= 0.3 is 5.97 Å². The van der Waals surface area contributed by atoms with Crippen molar-refractivity contribution in [1.82, 2.24) is 9.97 Å². The van der Waals surface area contributed by atoms with Crippen molar-refractivity contribution in [3.63, 3.8) is 0 Å². The number of esters is 1. The molecule has 4 aromatic rings. The van der Waals surface area contributed by atoms with Crippen molar-refractivity contribution in [2.75, 3.05) is 0 Å².